The number of sulfonamides is 1. The average molecular weight is 433 g/mol. The highest BCUT2D eigenvalue weighted by Crippen LogP contribution is 2.26. The van der Waals surface area contributed by atoms with E-state index < -0.39 is 10.0 Å². The van der Waals surface area contributed by atoms with E-state index in [1.165, 1.54) is 21.0 Å². The molecule has 2 aliphatic heterocycles. The largest absolute Gasteiger partial charge is 0.334 e. The third kappa shape index (κ3) is 3.77. The third-order valence-corrected chi connectivity index (χ3v) is 8.11. The van der Waals surface area contributed by atoms with Crippen LogP contribution in [-0.4, -0.2) is 36.6 Å². The molecule has 31 heavy (non-hydrogen) atoms. The molecule has 0 radical (unpaired) electrons. The molecule has 2 aliphatic rings. The van der Waals surface area contributed by atoms with Crippen molar-refractivity contribution in [3.63, 3.8) is 0 Å². The second kappa shape index (κ2) is 7.94. The van der Waals surface area contributed by atoms with Gasteiger partial charge >= 0.3 is 0 Å². The summed E-state index contributed by atoms with van der Waals surface area (Å²) in [6.07, 6.45) is 1.55. The fourth-order valence-corrected chi connectivity index (χ4v) is 5.86. The molecule has 0 unspecified atom stereocenters. The van der Waals surface area contributed by atoms with Gasteiger partial charge in [0.2, 0.25) is 10.0 Å². The van der Waals surface area contributed by atoms with Gasteiger partial charge in [-0.25, -0.2) is 8.42 Å². The van der Waals surface area contributed by atoms with E-state index in [0.29, 0.717) is 38.2 Å². The lowest BCUT2D eigenvalue weighted by atomic mass is 9.99. The van der Waals surface area contributed by atoms with Crippen molar-refractivity contribution < 1.29 is 13.2 Å². The van der Waals surface area contributed by atoms with Gasteiger partial charge in [-0.3, -0.25) is 4.79 Å². The van der Waals surface area contributed by atoms with Crippen molar-refractivity contribution in [2.75, 3.05) is 13.1 Å². The highest BCUT2D eigenvalue weighted by atomic mass is 32.2. The smallest absolute Gasteiger partial charge is 0.254 e. The number of nitrogens with zero attached hydrogens (tertiary/aromatic N) is 2. The highest BCUT2D eigenvalue weighted by molar-refractivity contribution is 7.89. The Morgan fingerprint density at radius 2 is 1.23 bits per heavy atom. The van der Waals surface area contributed by atoms with Gasteiger partial charge < -0.3 is 4.90 Å². The molecule has 0 aliphatic carbocycles. The number of hydrogen-bond acceptors (Lipinski definition) is 3. The molecule has 5 nitrogen and oxygen atoms in total. The molecule has 6 heteroatoms. The average Bonchev–Trinajstić information content (AvgIpc) is 2.83. The SMILES string of the molecule is O=C(c1ccc(S(=O)(=O)N2CCc3ccccc3C2)cc1)N1CCc2ccccc2C1. The first-order valence-corrected chi connectivity index (χ1v) is 12.0. The number of fused-ring (bicyclic) bond motifs is 2. The Hall–Kier alpha value is -2.96. The third-order valence-electron chi connectivity index (χ3n) is 6.25. The van der Waals surface area contributed by atoms with Crippen molar-refractivity contribution in [3.05, 3.63) is 101 Å². The Bertz CT molecular complexity index is 1240. The molecule has 2 heterocycles. The number of amides is 1. The van der Waals surface area contributed by atoms with Gasteiger partial charge in [0.25, 0.3) is 5.91 Å². The number of carbonyl (C=O) groups excluding carboxylic acids is 1. The summed E-state index contributed by atoms with van der Waals surface area (Å²) in [7, 11) is -3.60. The molecule has 0 N–H and O–H groups in total. The number of carbonyl (C=O) groups is 1. The van der Waals surface area contributed by atoms with Gasteiger partial charge in [-0.05, 0) is 59.4 Å². The van der Waals surface area contributed by atoms with Gasteiger partial charge in [-0.15, -0.1) is 0 Å². The summed E-state index contributed by atoms with van der Waals surface area (Å²) >= 11 is 0. The van der Waals surface area contributed by atoms with E-state index >= 15 is 0 Å². The van der Waals surface area contributed by atoms with Crippen molar-refractivity contribution in [1.82, 2.24) is 9.21 Å². The van der Waals surface area contributed by atoms with Crippen molar-refractivity contribution in [2.24, 2.45) is 0 Å². The van der Waals surface area contributed by atoms with Gasteiger partial charge in [-0.1, -0.05) is 48.5 Å². The molecular weight excluding hydrogens is 408 g/mol. The molecule has 0 saturated carbocycles. The molecule has 0 bridgehead atoms. The van der Waals surface area contributed by atoms with E-state index in [9.17, 15) is 13.2 Å². The lowest BCUT2D eigenvalue weighted by molar-refractivity contribution is 0.0734. The zero-order valence-electron chi connectivity index (χ0n) is 17.2. The summed E-state index contributed by atoms with van der Waals surface area (Å²) in [5.41, 5.74) is 5.23. The molecule has 3 aromatic rings. The maximum atomic E-state index is 13.1. The van der Waals surface area contributed by atoms with Gasteiger partial charge in [0.05, 0.1) is 4.90 Å². The minimum atomic E-state index is -3.60. The Balaban J connectivity index is 1.32. The van der Waals surface area contributed by atoms with Crippen LogP contribution in [0, 0.1) is 0 Å². The minimum absolute atomic E-state index is 0.0645. The van der Waals surface area contributed by atoms with Crippen LogP contribution in [0.4, 0.5) is 0 Å². The fraction of sp³-hybridized carbons (Fsp3) is 0.240. The van der Waals surface area contributed by atoms with Crippen LogP contribution in [-0.2, 0) is 36.0 Å². The summed E-state index contributed by atoms with van der Waals surface area (Å²) in [6, 6.07) is 22.5. The van der Waals surface area contributed by atoms with Crippen LogP contribution in [0.5, 0.6) is 0 Å². The highest BCUT2D eigenvalue weighted by Gasteiger charge is 2.29. The molecule has 3 aromatic carbocycles. The summed E-state index contributed by atoms with van der Waals surface area (Å²) in [5, 5.41) is 0. The van der Waals surface area contributed by atoms with Crippen molar-refractivity contribution in [1.29, 1.82) is 0 Å². The zero-order chi connectivity index (χ0) is 21.4. The van der Waals surface area contributed by atoms with E-state index in [-0.39, 0.29) is 10.8 Å². The quantitative estimate of drug-likeness (QED) is 0.635. The summed E-state index contributed by atoms with van der Waals surface area (Å²) in [4.78, 5) is 15.0. The fourth-order valence-electron chi connectivity index (χ4n) is 4.45. The summed E-state index contributed by atoms with van der Waals surface area (Å²) in [6.45, 7) is 2.10. The zero-order valence-corrected chi connectivity index (χ0v) is 18.0. The van der Waals surface area contributed by atoms with Crippen LogP contribution in [0.2, 0.25) is 0 Å². The first-order valence-electron chi connectivity index (χ1n) is 10.6. The maximum absolute atomic E-state index is 13.1. The van der Waals surface area contributed by atoms with Crippen molar-refractivity contribution in [2.45, 2.75) is 30.8 Å². The predicted octanol–water partition coefficient (Wildman–Crippen LogP) is 3.63. The van der Waals surface area contributed by atoms with Crippen LogP contribution in [0.25, 0.3) is 0 Å². The topological polar surface area (TPSA) is 57.7 Å². The van der Waals surface area contributed by atoms with Gasteiger partial charge in [0, 0.05) is 31.7 Å². The van der Waals surface area contributed by atoms with E-state index in [1.807, 2.05) is 35.2 Å². The molecular formula is C25H24N2O3S. The number of benzene rings is 3. The first kappa shape index (κ1) is 20.0. The summed E-state index contributed by atoms with van der Waals surface area (Å²) in [5.74, 6) is -0.0645. The van der Waals surface area contributed by atoms with Crippen LogP contribution < -0.4 is 0 Å². The van der Waals surface area contributed by atoms with Gasteiger partial charge in [-0.2, -0.15) is 4.31 Å². The molecule has 5 rings (SSSR count). The molecule has 0 spiro atoms. The van der Waals surface area contributed by atoms with Crippen LogP contribution >= 0.6 is 0 Å². The molecule has 0 atom stereocenters. The second-order valence-corrected chi connectivity index (χ2v) is 10.1. The molecule has 0 fully saturated rings. The standard InChI is InChI=1S/C25H24N2O3S/c28-25(26-15-13-19-5-1-3-7-22(19)17-26)21-9-11-24(12-10-21)31(29,30)27-16-14-20-6-2-4-8-23(20)18-27/h1-12H,13-18H2. The normalized spacial score (nSPS) is 16.5. The first-order chi connectivity index (χ1) is 15.0. The maximum Gasteiger partial charge on any atom is 0.254 e. The van der Waals surface area contributed by atoms with Crippen LogP contribution in [0.15, 0.2) is 77.7 Å². The van der Waals surface area contributed by atoms with E-state index in [1.54, 1.807) is 24.3 Å². The Morgan fingerprint density at radius 3 is 1.87 bits per heavy atom. The Labute approximate surface area is 183 Å². The van der Waals surface area contributed by atoms with Crippen LogP contribution in [0.3, 0.4) is 0 Å². The van der Waals surface area contributed by atoms with E-state index in [0.717, 1.165) is 12.0 Å². The Kier molecular flexibility index (Phi) is 5.12. The van der Waals surface area contributed by atoms with Crippen molar-refractivity contribution >= 4 is 15.9 Å². The number of rotatable bonds is 3. The van der Waals surface area contributed by atoms with E-state index in [4.69, 9.17) is 0 Å². The molecule has 1 amide bonds. The van der Waals surface area contributed by atoms with Crippen LogP contribution in [0.1, 0.15) is 32.6 Å². The lowest BCUT2D eigenvalue weighted by Gasteiger charge is -2.29. The molecule has 0 aromatic heterocycles. The van der Waals surface area contributed by atoms with Gasteiger partial charge in [0.1, 0.15) is 0 Å². The van der Waals surface area contributed by atoms with Gasteiger partial charge in [0.15, 0.2) is 0 Å². The number of hydrogen-bond donors (Lipinski definition) is 0. The minimum Gasteiger partial charge on any atom is -0.334 e. The lowest BCUT2D eigenvalue weighted by Crippen LogP contribution is -2.36. The Morgan fingerprint density at radius 1 is 0.677 bits per heavy atom. The second-order valence-electron chi connectivity index (χ2n) is 8.13. The molecule has 158 valence electrons. The monoisotopic (exact) mass is 432 g/mol. The summed E-state index contributed by atoms with van der Waals surface area (Å²) < 4.78 is 27.8. The predicted molar refractivity (Wildman–Crippen MR) is 119 cm³/mol. The molecule has 0 saturated heterocycles. The van der Waals surface area contributed by atoms with E-state index in [2.05, 4.69) is 18.2 Å². The van der Waals surface area contributed by atoms with Crippen molar-refractivity contribution in [3.8, 4) is 0 Å².